The van der Waals surface area contributed by atoms with Gasteiger partial charge in [0.1, 0.15) is 0 Å². The number of benzene rings is 1. The lowest BCUT2D eigenvalue weighted by atomic mass is 9.79. The topological polar surface area (TPSA) is 61.2 Å². The maximum Gasteiger partial charge on any atom is 0.243 e. The summed E-state index contributed by atoms with van der Waals surface area (Å²) >= 11 is 0. The largest absolute Gasteiger partial charge is 0.243 e. The zero-order valence-electron chi connectivity index (χ0n) is 12.0. The second-order valence-corrected chi connectivity index (χ2v) is 7.90. The van der Waals surface area contributed by atoms with Crippen molar-refractivity contribution < 1.29 is 8.42 Å². The molecule has 1 aromatic rings. The summed E-state index contributed by atoms with van der Waals surface area (Å²) in [5.41, 5.74) is 0.489. The van der Waals surface area contributed by atoms with Gasteiger partial charge in [-0.25, -0.2) is 8.42 Å². The van der Waals surface area contributed by atoms with Gasteiger partial charge in [-0.1, -0.05) is 12.8 Å². The molecule has 2 fully saturated rings. The second-order valence-electron chi connectivity index (χ2n) is 6.01. The maximum absolute atomic E-state index is 12.9. The molecule has 0 spiro atoms. The summed E-state index contributed by atoms with van der Waals surface area (Å²) in [5, 5.41) is 8.82. The first-order chi connectivity index (χ1) is 10.1. The number of piperidine rings is 1. The first kappa shape index (κ1) is 14.6. The molecule has 1 saturated carbocycles. The van der Waals surface area contributed by atoms with Gasteiger partial charge in [-0.05, 0) is 55.9 Å². The van der Waals surface area contributed by atoms with Crippen molar-refractivity contribution in [3.63, 3.8) is 0 Å². The minimum absolute atomic E-state index is 0.174. The average Bonchev–Trinajstić information content (AvgIpc) is 2.54. The van der Waals surface area contributed by atoms with Crippen LogP contribution in [0.15, 0.2) is 29.2 Å². The summed E-state index contributed by atoms with van der Waals surface area (Å²) in [5.74, 6) is 0.528. The molecule has 0 radical (unpaired) electrons. The molecule has 4 nitrogen and oxygen atoms in total. The lowest BCUT2D eigenvalue weighted by molar-refractivity contribution is 0.129. The zero-order chi connectivity index (χ0) is 14.9. The number of nitriles is 1. The standard InChI is InChI=1S/C16H20N2O2S/c17-12-13-7-9-15(10-8-13)21(19,20)18-11-3-5-14-4-1-2-6-16(14)18/h7-10,14,16H,1-6,11H2/t14-,16-/m1/s1. The first-order valence-electron chi connectivity index (χ1n) is 7.65. The van der Waals surface area contributed by atoms with Gasteiger partial charge in [0.25, 0.3) is 0 Å². The summed E-state index contributed by atoms with van der Waals surface area (Å²) in [4.78, 5) is 0.313. The third kappa shape index (κ3) is 2.70. The minimum Gasteiger partial charge on any atom is -0.207 e. The molecule has 0 aromatic heterocycles. The van der Waals surface area contributed by atoms with Gasteiger partial charge in [0, 0.05) is 12.6 Å². The van der Waals surface area contributed by atoms with E-state index in [1.165, 1.54) is 6.42 Å². The number of rotatable bonds is 2. The molecular formula is C16H20N2O2S. The number of hydrogen-bond acceptors (Lipinski definition) is 3. The highest BCUT2D eigenvalue weighted by molar-refractivity contribution is 7.89. The predicted octanol–water partition coefficient (Wildman–Crippen LogP) is 2.90. The Labute approximate surface area is 126 Å². The van der Waals surface area contributed by atoms with Crippen LogP contribution in [0, 0.1) is 17.2 Å². The van der Waals surface area contributed by atoms with E-state index in [1.54, 1.807) is 28.6 Å². The van der Waals surface area contributed by atoms with Crippen molar-refractivity contribution >= 4 is 10.0 Å². The molecule has 112 valence electrons. The molecule has 1 aliphatic carbocycles. The molecule has 2 aliphatic rings. The molecule has 0 amide bonds. The Morgan fingerprint density at radius 2 is 1.71 bits per heavy atom. The van der Waals surface area contributed by atoms with E-state index in [0.29, 0.717) is 22.9 Å². The third-order valence-corrected chi connectivity index (χ3v) is 6.72. The van der Waals surface area contributed by atoms with Gasteiger partial charge in [0.15, 0.2) is 0 Å². The molecule has 1 aliphatic heterocycles. The maximum atomic E-state index is 12.9. The van der Waals surface area contributed by atoms with Gasteiger partial charge in [-0.15, -0.1) is 0 Å². The van der Waals surface area contributed by atoms with Crippen LogP contribution in [-0.2, 0) is 10.0 Å². The van der Waals surface area contributed by atoms with Gasteiger partial charge in [0.05, 0.1) is 16.5 Å². The fourth-order valence-electron chi connectivity index (χ4n) is 3.71. The van der Waals surface area contributed by atoms with E-state index in [2.05, 4.69) is 0 Å². The predicted molar refractivity (Wildman–Crippen MR) is 80.0 cm³/mol. The molecule has 0 unspecified atom stereocenters. The molecule has 1 heterocycles. The van der Waals surface area contributed by atoms with Crippen LogP contribution in [0.2, 0.25) is 0 Å². The van der Waals surface area contributed by atoms with Gasteiger partial charge < -0.3 is 0 Å². The molecule has 3 rings (SSSR count). The summed E-state index contributed by atoms with van der Waals surface area (Å²) in [6.07, 6.45) is 6.61. The van der Waals surface area contributed by atoms with Crippen molar-refractivity contribution in [3.05, 3.63) is 29.8 Å². The van der Waals surface area contributed by atoms with Crippen molar-refractivity contribution in [2.75, 3.05) is 6.54 Å². The Morgan fingerprint density at radius 3 is 2.43 bits per heavy atom. The SMILES string of the molecule is N#Cc1ccc(S(=O)(=O)N2CCC[C@H]3CCCC[C@H]32)cc1. The van der Waals surface area contributed by atoms with Gasteiger partial charge in [-0.3, -0.25) is 0 Å². The first-order valence-corrected chi connectivity index (χ1v) is 9.09. The van der Waals surface area contributed by atoms with Crippen molar-refractivity contribution in [3.8, 4) is 6.07 Å². The van der Waals surface area contributed by atoms with Crippen molar-refractivity contribution in [1.82, 2.24) is 4.31 Å². The Bertz CT molecular complexity index is 644. The molecule has 1 aromatic carbocycles. The van der Waals surface area contributed by atoms with Crippen molar-refractivity contribution in [1.29, 1.82) is 5.26 Å². The van der Waals surface area contributed by atoms with Crippen molar-refractivity contribution in [2.45, 2.75) is 49.5 Å². The smallest absolute Gasteiger partial charge is 0.207 e. The number of nitrogens with zero attached hydrogens (tertiary/aromatic N) is 2. The average molecular weight is 304 g/mol. The highest BCUT2D eigenvalue weighted by atomic mass is 32.2. The fourth-order valence-corrected chi connectivity index (χ4v) is 5.47. The molecular weight excluding hydrogens is 284 g/mol. The van der Waals surface area contributed by atoms with Crippen LogP contribution in [0.25, 0.3) is 0 Å². The van der Waals surface area contributed by atoms with Crippen LogP contribution in [-0.4, -0.2) is 25.3 Å². The van der Waals surface area contributed by atoms with E-state index in [-0.39, 0.29) is 6.04 Å². The van der Waals surface area contributed by atoms with Crippen LogP contribution in [0.5, 0.6) is 0 Å². The number of hydrogen-bond donors (Lipinski definition) is 0. The van der Waals surface area contributed by atoms with E-state index in [4.69, 9.17) is 5.26 Å². The lowest BCUT2D eigenvalue weighted by Gasteiger charge is -2.43. The molecule has 5 heteroatoms. The monoisotopic (exact) mass is 304 g/mol. The normalized spacial score (nSPS) is 26.8. The van der Waals surface area contributed by atoms with Crippen LogP contribution < -0.4 is 0 Å². The molecule has 21 heavy (non-hydrogen) atoms. The van der Waals surface area contributed by atoms with Crippen LogP contribution >= 0.6 is 0 Å². The molecule has 0 N–H and O–H groups in total. The van der Waals surface area contributed by atoms with E-state index >= 15 is 0 Å². The third-order valence-electron chi connectivity index (χ3n) is 4.78. The van der Waals surface area contributed by atoms with E-state index in [9.17, 15) is 8.42 Å². The van der Waals surface area contributed by atoms with Gasteiger partial charge in [0.2, 0.25) is 10.0 Å². The van der Waals surface area contributed by atoms with E-state index in [1.807, 2.05) is 6.07 Å². The zero-order valence-corrected chi connectivity index (χ0v) is 12.8. The Kier molecular flexibility index (Phi) is 4.01. The summed E-state index contributed by atoms with van der Waals surface area (Å²) in [6.45, 7) is 0.628. The van der Waals surface area contributed by atoms with Gasteiger partial charge >= 0.3 is 0 Å². The minimum atomic E-state index is -3.43. The molecule has 0 bridgehead atoms. The van der Waals surface area contributed by atoms with Crippen molar-refractivity contribution in [2.24, 2.45) is 5.92 Å². The second kappa shape index (κ2) is 5.78. The number of fused-ring (bicyclic) bond motifs is 1. The Hall–Kier alpha value is -1.38. The number of sulfonamides is 1. The van der Waals surface area contributed by atoms with Gasteiger partial charge in [-0.2, -0.15) is 9.57 Å². The fraction of sp³-hybridized carbons (Fsp3) is 0.562. The lowest BCUT2D eigenvalue weighted by Crippen LogP contribution is -2.49. The summed E-state index contributed by atoms with van der Waals surface area (Å²) in [6, 6.07) is 8.47. The highest BCUT2D eigenvalue weighted by Gasteiger charge is 2.39. The quantitative estimate of drug-likeness (QED) is 0.844. The summed E-state index contributed by atoms with van der Waals surface area (Å²) < 4.78 is 27.5. The van der Waals surface area contributed by atoms with E-state index < -0.39 is 10.0 Å². The summed E-state index contributed by atoms with van der Waals surface area (Å²) in [7, 11) is -3.43. The molecule has 2 atom stereocenters. The Balaban J connectivity index is 1.90. The van der Waals surface area contributed by atoms with Crippen LogP contribution in [0.4, 0.5) is 0 Å². The van der Waals surface area contributed by atoms with Crippen LogP contribution in [0.1, 0.15) is 44.1 Å². The Morgan fingerprint density at radius 1 is 1.05 bits per heavy atom. The molecule has 1 saturated heterocycles. The van der Waals surface area contributed by atoms with Crippen LogP contribution in [0.3, 0.4) is 0 Å². The van der Waals surface area contributed by atoms with E-state index in [0.717, 1.165) is 32.1 Å². The highest BCUT2D eigenvalue weighted by Crippen LogP contribution is 2.37.